The Hall–Kier alpha value is -0.290. The number of hydrogen-bond acceptors (Lipinski definition) is 2. The van der Waals surface area contributed by atoms with Gasteiger partial charge in [-0.25, -0.2) is 0 Å². The lowest BCUT2D eigenvalue weighted by atomic mass is 10.1. The van der Waals surface area contributed by atoms with Crippen LogP contribution in [0, 0.1) is 10.5 Å². The summed E-state index contributed by atoms with van der Waals surface area (Å²) in [5.41, 5.74) is 8.04. The lowest BCUT2D eigenvalue weighted by Gasteiger charge is -2.03. The van der Waals surface area contributed by atoms with Crippen LogP contribution in [0.5, 0.6) is 0 Å². The molecule has 0 aliphatic rings. The minimum Gasteiger partial charge on any atom is -0.398 e. The zero-order valence-electron chi connectivity index (χ0n) is 6.60. The highest BCUT2D eigenvalue weighted by Crippen LogP contribution is 2.31. The number of nitrogens with two attached hydrogens (primary N) is 1. The van der Waals surface area contributed by atoms with Crippen molar-refractivity contribution in [2.75, 3.05) is 5.73 Å². The molecule has 0 aliphatic heterocycles. The summed E-state index contributed by atoms with van der Waals surface area (Å²) < 4.78 is 2.46. The molecule has 0 atom stereocenters. The molecule has 0 spiro atoms. The topological polar surface area (TPSA) is 26.0 Å². The lowest BCUT2D eigenvalue weighted by Crippen LogP contribution is -1.92. The van der Waals surface area contributed by atoms with Crippen LogP contribution in [0.2, 0.25) is 0 Å². The van der Waals surface area contributed by atoms with Crippen LogP contribution in [0.4, 0.5) is 5.69 Å². The molecule has 0 bridgehead atoms. The fourth-order valence-electron chi connectivity index (χ4n) is 1.25. The molecular formula is C9H8INS. The highest BCUT2D eigenvalue weighted by molar-refractivity contribution is 14.1. The van der Waals surface area contributed by atoms with Gasteiger partial charge in [0.15, 0.2) is 0 Å². The average Bonchev–Trinajstić information content (AvgIpc) is 2.48. The highest BCUT2D eigenvalue weighted by atomic mass is 127. The van der Waals surface area contributed by atoms with Gasteiger partial charge in [-0.05, 0) is 58.0 Å². The van der Waals surface area contributed by atoms with Crippen molar-refractivity contribution in [3.63, 3.8) is 0 Å². The Bertz CT molecular complexity index is 433. The number of nitrogen functional groups attached to an aromatic ring is 1. The van der Waals surface area contributed by atoms with Gasteiger partial charge >= 0.3 is 0 Å². The molecule has 2 aromatic rings. The van der Waals surface area contributed by atoms with E-state index in [0.29, 0.717) is 0 Å². The predicted octanol–water partition coefficient (Wildman–Crippen LogP) is 3.40. The Balaban J connectivity index is 2.94. The normalized spacial score (nSPS) is 10.8. The van der Waals surface area contributed by atoms with Gasteiger partial charge in [-0.2, -0.15) is 0 Å². The van der Waals surface area contributed by atoms with Gasteiger partial charge in [-0.15, -0.1) is 11.3 Å². The molecule has 0 aliphatic carbocycles. The van der Waals surface area contributed by atoms with Gasteiger partial charge in [0.2, 0.25) is 0 Å². The Morgan fingerprint density at radius 1 is 1.50 bits per heavy atom. The molecule has 3 heteroatoms. The summed E-state index contributed by atoms with van der Waals surface area (Å²) in [5, 5.41) is 3.41. The number of halogens is 1. The Morgan fingerprint density at radius 3 is 3.00 bits per heavy atom. The molecule has 12 heavy (non-hydrogen) atoms. The molecule has 0 saturated heterocycles. The molecule has 2 N–H and O–H groups in total. The smallest absolute Gasteiger partial charge is 0.0494 e. The second kappa shape index (κ2) is 2.88. The van der Waals surface area contributed by atoms with E-state index in [9.17, 15) is 0 Å². The van der Waals surface area contributed by atoms with Gasteiger partial charge in [0.05, 0.1) is 0 Å². The zero-order valence-corrected chi connectivity index (χ0v) is 9.57. The summed E-state index contributed by atoms with van der Waals surface area (Å²) in [7, 11) is 0. The van der Waals surface area contributed by atoms with Crippen LogP contribution >= 0.6 is 33.9 Å². The molecular weight excluding hydrogens is 281 g/mol. The van der Waals surface area contributed by atoms with E-state index in [4.69, 9.17) is 5.73 Å². The zero-order chi connectivity index (χ0) is 8.72. The Morgan fingerprint density at radius 2 is 2.25 bits per heavy atom. The number of rotatable bonds is 0. The van der Waals surface area contributed by atoms with Crippen molar-refractivity contribution < 1.29 is 0 Å². The summed E-state index contributed by atoms with van der Waals surface area (Å²) in [5.74, 6) is 0. The van der Waals surface area contributed by atoms with Crippen molar-refractivity contribution in [1.29, 1.82) is 0 Å². The molecule has 1 nitrogen and oxygen atoms in total. The monoisotopic (exact) mass is 289 g/mol. The van der Waals surface area contributed by atoms with Crippen molar-refractivity contribution in [3.05, 3.63) is 26.6 Å². The molecule has 0 unspecified atom stereocenters. The summed E-state index contributed by atoms with van der Waals surface area (Å²) >= 11 is 4.03. The average molecular weight is 289 g/mol. The first-order chi connectivity index (χ1) is 5.70. The number of benzene rings is 1. The predicted molar refractivity (Wildman–Crippen MR) is 63.7 cm³/mol. The van der Waals surface area contributed by atoms with E-state index in [0.717, 1.165) is 9.26 Å². The number of thiophene rings is 1. The van der Waals surface area contributed by atoms with E-state index >= 15 is 0 Å². The lowest BCUT2D eigenvalue weighted by molar-refractivity contribution is 1.53. The second-order valence-electron chi connectivity index (χ2n) is 2.74. The van der Waals surface area contributed by atoms with E-state index in [1.165, 1.54) is 15.6 Å². The number of aryl methyl sites for hydroxylation is 1. The molecule has 1 heterocycles. The maximum atomic E-state index is 5.91. The standard InChI is InChI=1S/C9H8INS/c1-5-8(11)7(10)4-6-2-3-12-9(5)6/h2-4H,11H2,1H3. The molecule has 0 saturated carbocycles. The minimum atomic E-state index is 0.922. The van der Waals surface area contributed by atoms with Crippen LogP contribution in [0.25, 0.3) is 10.1 Å². The van der Waals surface area contributed by atoms with E-state index in [2.05, 4.69) is 47.0 Å². The van der Waals surface area contributed by atoms with Gasteiger partial charge in [-0.3, -0.25) is 0 Å². The molecule has 0 amide bonds. The summed E-state index contributed by atoms with van der Waals surface area (Å²) in [6.07, 6.45) is 0. The number of fused-ring (bicyclic) bond motifs is 1. The first-order valence-corrected chi connectivity index (χ1v) is 5.58. The Labute approximate surface area is 88.7 Å². The second-order valence-corrected chi connectivity index (χ2v) is 4.81. The van der Waals surface area contributed by atoms with Crippen LogP contribution < -0.4 is 5.73 Å². The van der Waals surface area contributed by atoms with Crippen LogP contribution in [0.3, 0.4) is 0 Å². The maximum absolute atomic E-state index is 5.91. The summed E-state index contributed by atoms with van der Waals surface area (Å²) in [4.78, 5) is 0. The molecule has 2 rings (SSSR count). The van der Waals surface area contributed by atoms with Crippen molar-refractivity contribution in [3.8, 4) is 0 Å². The largest absolute Gasteiger partial charge is 0.398 e. The van der Waals surface area contributed by atoms with Gasteiger partial charge in [0, 0.05) is 14.0 Å². The fraction of sp³-hybridized carbons (Fsp3) is 0.111. The van der Waals surface area contributed by atoms with E-state index in [1.54, 1.807) is 11.3 Å². The first kappa shape index (κ1) is 8.31. The Kier molecular flexibility index (Phi) is 2.00. The van der Waals surface area contributed by atoms with Crippen LogP contribution in [-0.2, 0) is 0 Å². The van der Waals surface area contributed by atoms with E-state index in [-0.39, 0.29) is 0 Å². The molecule has 0 fully saturated rings. The SMILES string of the molecule is Cc1c(N)c(I)cc2ccsc12. The fourth-order valence-corrected chi connectivity index (χ4v) is 2.89. The van der Waals surface area contributed by atoms with Crippen LogP contribution in [0.15, 0.2) is 17.5 Å². The third-order valence-electron chi connectivity index (χ3n) is 1.98. The first-order valence-electron chi connectivity index (χ1n) is 3.62. The summed E-state index contributed by atoms with van der Waals surface area (Å²) in [6.45, 7) is 2.08. The number of hydrogen-bond donors (Lipinski definition) is 1. The van der Waals surface area contributed by atoms with Gasteiger partial charge in [0.25, 0.3) is 0 Å². The third-order valence-corrected chi connectivity index (χ3v) is 3.92. The molecule has 1 aromatic heterocycles. The van der Waals surface area contributed by atoms with Crippen molar-refractivity contribution in [2.24, 2.45) is 0 Å². The molecule has 0 radical (unpaired) electrons. The van der Waals surface area contributed by atoms with Crippen molar-refractivity contribution in [2.45, 2.75) is 6.92 Å². The van der Waals surface area contributed by atoms with Gasteiger partial charge in [0.1, 0.15) is 0 Å². The van der Waals surface area contributed by atoms with Crippen molar-refractivity contribution in [1.82, 2.24) is 0 Å². The molecule has 62 valence electrons. The maximum Gasteiger partial charge on any atom is 0.0494 e. The third kappa shape index (κ3) is 1.11. The van der Waals surface area contributed by atoms with Gasteiger partial charge < -0.3 is 5.73 Å². The van der Waals surface area contributed by atoms with E-state index in [1.807, 2.05) is 0 Å². The van der Waals surface area contributed by atoms with Crippen LogP contribution in [0.1, 0.15) is 5.56 Å². The minimum absolute atomic E-state index is 0.922. The van der Waals surface area contributed by atoms with Crippen molar-refractivity contribution >= 4 is 49.7 Å². The van der Waals surface area contributed by atoms with Crippen LogP contribution in [-0.4, -0.2) is 0 Å². The van der Waals surface area contributed by atoms with E-state index < -0.39 is 0 Å². The molecule has 1 aromatic carbocycles. The summed E-state index contributed by atoms with van der Waals surface area (Å²) in [6, 6.07) is 4.27. The van der Waals surface area contributed by atoms with Gasteiger partial charge in [-0.1, -0.05) is 0 Å². The number of anilines is 1. The quantitative estimate of drug-likeness (QED) is 0.584. The highest BCUT2D eigenvalue weighted by Gasteiger charge is 2.05.